The Morgan fingerprint density at radius 2 is 2.07 bits per heavy atom. The van der Waals surface area contributed by atoms with E-state index in [9.17, 15) is 9.18 Å². The van der Waals surface area contributed by atoms with Crippen molar-refractivity contribution in [2.45, 2.75) is 32.9 Å². The summed E-state index contributed by atoms with van der Waals surface area (Å²) in [6.45, 7) is 8.44. The first-order chi connectivity index (χ1) is 13.5. The molecule has 146 valence electrons. The molecule has 0 aliphatic rings. The maximum atomic E-state index is 13.7. The van der Waals surface area contributed by atoms with E-state index in [1.807, 2.05) is 48.7 Å². The summed E-state index contributed by atoms with van der Waals surface area (Å²) in [5.41, 5.74) is 2.17. The van der Waals surface area contributed by atoms with E-state index in [1.165, 1.54) is 12.1 Å². The number of fused-ring (bicyclic) bond motifs is 1. The van der Waals surface area contributed by atoms with Gasteiger partial charge in [0.05, 0.1) is 5.52 Å². The molecule has 0 saturated heterocycles. The predicted octanol–water partition coefficient (Wildman–Crippen LogP) is 4.92. The Morgan fingerprint density at radius 3 is 2.79 bits per heavy atom. The van der Waals surface area contributed by atoms with Crippen LogP contribution in [-0.4, -0.2) is 23.1 Å². The summed E-state index contributed by atoms with van der Waals surface area (Å²) in [6, 6.07) is 14.0. The maximum absolute atomic E-state index is 13.7. The summed E-state index contributed by atoms with van der Waals surface area (Å²) >= 11 is 0. The molecule has 2 aromatic carbocycles. The molecule has 3 rings (SSSR count). The van der Waals surface area contributed by atoms with Crippen molar-refractivity contribution in [3.8, 4) is 5.75 Å². The zero-order valence-corrected chi connectivity index (χ0v) is 16.2. The molecule has 0 aliphatic heterocycles. The number of ether oxygens (including phenoxy) is 1. The van der Waals surface area contributed by atoms with Crippen LogP contribution >= 0.6 is 0 Å². The van der Waals surface area contributed by atoms with Crippen molar-refractivity contribution < 1.29 is 13.9 Å². The second-order valence-corrected chi connectivity index (χ2v) is 6.82. The average molecular weight is 380 g/mol. The van der Waals surface area contributed by atoms with Crippen molar-refractivity contribution in [3.05, 3.63) is 78.3 Å². The molecule has 0 aliphatic carbocycles. The van der Waals surface area contributed by atoms with Crippen LogP contribution in [0.5, 0.6) is 5.75 Å². The van der Waals surface area contributed by atoms with Gasteiger partial charge in [0.15, 0.2) is 0 Å². The zero-order chi connectivity index (χ0) is 20.1. The predicted molar refractivity (Wildman–Crippen MR) is 110 cm³/mol. The standard InChI is InChI=1S/C23H25FN2O2/c1-4-12-28-22-11-7-10-20-19(22)14-21(23(27)25-16(3)5-2)26(20)15-17-8-6-9-18(24)13-17/h4,6-11,13-14,16H,1,5,12,15H2,2-3H3,(H,25,27)/t16-/m0/s1. The van der Waals surface area contributed by atoms with Crippen LogP contribution in [0.4, 0.5) is 4.39 Å². The fraction of sp³-hybridized carbons (Fsp3) is 0.261. The number of nitrogens with zero attached hydrogens (tertiary/aromatic N) is 1. The quantitative estimate of drug-likeness (QED) is 0.564. The lowest BCUT2D eigenvalue weighted by atomic mass is 10.2. The van der Waals surface area contributed by atoms with Gasteiger partial charge in [-0.1, -0.05) is 37.8 Å². The van der Waals surface area contributed by atoms with Crippen molar-refractivity contribution in [1.82, 2.24) is 9.88 Å². The lowest BCUT2D eigenvalue weighted by Crippen LogP contribution is -2.33. The number of carbonyl (C=O) groups is 1. The van der Waals surface area contributed by atoms with Gasteiger partial charge in [-0.15, -0.1) is 0 Å². The number of benzene rings is 2. The molecular formula is C23H25FN2O2. The maximum Gasteiger partial charge on any atom is 0.268 e. The third-order valence-electron chi connectivity index (χ3n) is 4.71. The minimum absolute atomic E-state index is 0.0598. The van der Waals surface area contributed by atoms with Crippen LogP contribution in [0.1, 0.15) is 36.3 Å². The summed E-state index contributed by atoms with van der Waals surface area (Å²) in [5, 5.41) is 3.86. The summed E-state index contributed by atoms with van der Waals surface area (Å²) < 4.78 is 21.3. The first-order valence-corrected chi connectivity index (χ1v) is 9.44. The summed E-state index contributed by atoms with van der Waals surface area (Å²) in [5.74, 6) is 0.235. The largest absolute Gasteiger partial charge is 0.489 e. The third-order valence-corrected chi connectivity index (χ3v) is 4.71. The van der Waals surface area contributed by atoms with Gasteiger partial charge in [-0.05, 0) is 49.2 Å². The second kappa shape index (κ2) is 8.74. The first kappa shape index (κ1) is 19.7. The molecule has 28 heavy (non-hydrogen) atoms. The molecule has 1 aromatic heterocycles. The molecule has 1 atom stereocenters. The monoisotopic (exact) mass is 380 g/mol. The van der Waals surface area contributed by atoms with E-state index in [2.05, 4.69) is 11.9 Å². The SMILES string of the molecule is C=CCOc1cccc2c1cc(C(=O)N[C@@H](C)CC)n2Cc1cccc(F)c1. The Kier molecular flexibility index (Phi) is 6.14. The molecule has 1 heterocycles. The van der Waals surface area contributed by atoms with Gasteiger partial charge in [0.2, 0.25) is 0 Å². The topological polar surface area (TPSA) is 43.3 Å². The molecule has 0 bridgehead atoms. The molecule has 3 aromatic rings. The molecule has 1 amide bonds. The Hall–Kier alpha value is -3.08. The highest BCUT2D eigenvalue weighted by molar-refractivity contribution is 6.00. The van der Waals surface area contributed by atoms with Gasteiger partial charge in [0.1, 0.15) is 23.9 Å². The fourth-order valence-electron chi connectivity index (χ4n) is 3.11. The van der Waals surface area contributed by atoms with Crippen LogP contribution in [0.3, 0.4) is 0 Å². The first-order valence-electron chi connectivity index (χ1n) is 9.44. The number of amides is 1. The van der Waals surface area contributed by atoms with E-state index in [-0.39, 0.29) is 17.8 Å². The molecule has 0 saturated carbocycles. The van der Waals surface area contributed by atoms with Gasteiger partial charge in [-0.25, -0.2) is 4.39 Å². The molecular weight excluding hydrogens is 355 g/mol. The van der Waals surface area contributed by atoms with Crippen LogP contribution in [0, 0.1) is 5.82 Å². The van der Waals surface area contributed by atoms with Crippen LogP contribution in [0.25, 0.3) is 10.9 Å². The number of hydrogen-bond acceptors (Lipinski definition) is 2. The Morgan fingerprint density at radius 1 is 1.29 bits per heavy atom. The van der Waals surface area contributed by atoms with Gasteiger partial charge in [0.25, 0.3) is 5.91 Å². The van der Waals surface area contributed by atoms with E-state index in [0.29, 0.717) is 24.6 Å². The second-order valence-electron chi connectivity index (χ2n) is 6.82. The molecule has 0 radical (unpaired) electrons. The minimum Gasteiger partial charge on any atom is -0.489 e. The highest BCUT2D eigenvalue weighted by atomic mass is 19.1. The normalized spacial score (nSPS) is 12.0. The number of hydrogen-bond donors (Lipinski definition) is 1. The fourth-order valence-corrected chi connectivity index (χ4v) is 3.11. The van der Waals surface area contributed by atoms with Crippen molar-refractivity contribution in [1.29, 1.82) is 0 Å². The van der Waals surface area contributed by atoms with E-state index in [4.69, 9.17) is 4.74 Å². The Bertz CT molecular complexity index is 993. The van der Waals surface area contributed by atoms with E-state index >= 15 is 0 Å². The third kappa shape index (κ3) is 4.25. The van der Waals surface area contributed by atoms with Crippen LogP contribution in [0.15, 0.2) is 61.2 Å². The Balaban J connectivity index is 2.10. The average Bonchev–Trinajstić information content (AvgIpc) is 3.05. The van der Waals surface area contributed by atoms with Gasteiger partial charge < -0.3 is 14.6 Å². The van der Waals surface area contributed by atoms with Crippen LogP contribution < -0.4 is 10.1 Å². The smallest absolute Gasteiger partial charge is 0.268 e. The number of rotatable bonds is 8. The minimum atomic E-state index is -0.297. The van der Waals surface area contributed by atoms with Gasteiger partial charge in [-0.3, -0.25) is 4.79 Å². The summed E-state index contributed by atoms with van der Waals surface area (Å²) in [4.78, 5) is 12.9. The zero-order valence-electron chi connectivity index (χ0n) is 16.2. The molecule has 4 nitrogen and oxygen atoms in total. The lowest BCUT2D eigenvalue weighted by molar-refractivity contribution is 0.0931. The Labute approximate surface area is 164 Å². The van der Waals surface area contributed by atoms with E-state index in [0.717, 1.165) is 22.9 Å². The van der Waals surface area contributed by atoms with Crippen molar-refractivity contribution >= 4 is 16.8 Å². The van der Waals surface area contributed by atoms with E-state index < -0.39 is 0 Å². The summed E-state index contributed by atoms with van der Waals surface area (Å²) in [7, 11) is 0. The van der Waals surface area contributed by atoms with Crippen LogP contribution in [-0.2, 0) is 6.54 Å². The van der Waals surface area contributed by atoms with Crippen molar-refractivity contribution in [2.24, 2.45) is 0 Å². The van der Waals surface area contributed by atoms with Crippen molar-refractivity contribution in [2.75, 3.05) is 6.61 Å². The molecule has 5 heteroatoms. The number of carbonyl (C=O) groups excluding carboxylic acids is 1. The summed E-state index contributed by atoms with van der Waals surface area (Å²) in [6.07, 6.45) is 2.52. The number of aromatic nitrogens is 1. The molecule has 0 fully saturated rings. The van der Waals surface area contributed by atoms with E-state index in [1.54, 1.807) is 12.1 Å². The van der Waals surface area contributed by atoms with Gasteiger partial charge in [0, 0.05) is 18.0 Å². The molecule has 1 N–H and O–H groups in total. The van der Waals surface area contributed by atoms with Gasteiger partial charge in [-0.2, -0.15) is 0 Å². The highest BCUT2D eigenvalue weighted by Gasteiger charge is 2.19. The lowest BCUT2D eigenvalue weighted by Gasteiger charge is -2.14. The number of halogens is 1. The molecule has 0 spiro atoms. The van der Waals surface area contributed by atoms with Gasteiger partial charge >= 0.3 is 0 Å². The molecule has 0 unspecified atom stereocenters. The highest BCUT2D eigenvalue weighted by Crippen LogP contribution is 2.30. The van der Waals surface area contributed by atoms with Crippen LogP contribution in [0.2, 0.25) is 0 Å². The van der Waals surface area contributed by atoms with Crippen molar-refractivity contribution in [3.63, 3.8) is 0 Å². The number of nitrogens with one attached hydrogen (secondary N) is 1.